The number of carbonyl (C=O) groups is 1. The van der Waals surface area contributed by atoms with Gasteiger partial charge in [-0.05, 0) is 38.1 Å². The second-order valence-electron chi connectivity index (χ2n) is 3.28. The third-order valence-corrected chi connectivity index (χ3v) is 2.68. The molecule has 15 heavy (non-hydrogen) atoms. The molecule has 0 radical (unpaired) electrons. The van der Waals surface area contributed by atoms with Gasteiger partial charge in [0.25, 0.3) is 0 Å². The van der Waals surface area contributed by atoms with Crippen LogP contribution in [0.1, 0.15) is 24.2 Å². The number of nitrogens with zero attached hydrogens (tertiary/aromatic N) is 1. The molecule has 0 N–H and O–H groups in total. The highest BCUT2D eigenvalue weighted by atomic mass is 35.5. The number of hydrogen-bond acceptors (Lipinski definition) is 2. The summed E-state index contributed by atoms with van der Waals surface area (Å²) in [4.78, 5) is 13.5. The van der Waals surface area contributed by atoms with E-state index < -0.39 is 0 Å². The van der Waals surface area contributed by atoms with E-state index >= 15 is 0 Å². The Hall–Kier alpha value is -1.02. The predicted molar refractivity (Wildman–Crippen MR) is 65.1 cm³/mol. The molecule has 0 unspecified atom stereocenters. The Bertz CT molecular complexity index is 317. The number of rotatable bonds is 5. The summed E-state index contributed by atoms with van der Waals surface area (Å²) in [6.45, 7) is 6.17. The van der Waals surface area contributed by atoms with Crippen LogP contribution in [0.3, 0.4) is 0 Å². The first-order valence-electron chi connectivity index (χ1n) is 5.17. The summed E-state index contributed by atoms with van der Waals surface area (Å²) < 4.78 is 0. The molecule has 1 rings (SSSR count). The number of anilines is 1. The fourth-order valence-corrected chi connectivity index (χ4v) is 1.68. The van der Waals surface area contributed by atoms with E-state index in [9.17, 15) is 4.79 Å². The van der Waals surface area contributed by atoms with E-state index in [1.165, 1.54) is 0 Å². The Morgan fingerprint density at radius 3 is 2.13 bits per heavy atom. The molecule has 3 heteroatoms. The van der Waals surface area contributed by atoms with E-state index in [2.05, 4.69) is 18.7 Å². The molecule has 0 aliphatic carbocycles. The van der Waals surface area contributed by atoms with Crippen LogP contribution < -0.4 is 4.90 Å². The van der Waals surface area contributed by atoms with Gasteiger partial charge >= 0.3 is 0 Å². The first-order valence-corrected chi connectivity index (χ1v) is 5.70. The fourth-order valence-electron chi connectivity index (χ4n) is 1.52. The zero-order valence-corrected chi connectivity index (χ0v) is 9.92. The molecule has 0 bridgehead atoms. The highest BCUT2D eigenvalue weighted by Crippen LogP contribution is 2.15. The molecule has 0 amide bonds. The fraction of sp³-hybridized carbons (Fsp3) is 0.417. The van der Waals surface area contributed by atoms with Crippen molar-refractivity contribution in [2.45, 2.75) is 13.8 Å². The standard InChI is InChI=1S/C12H16ClNO/c1-3-14(4-2)11-7-5-10(6-8-11)12(15)9-13/h5-8H,3-4,9H2,1-2H3. The molecule has 0 atom stereocenters. The highest BCUT2D eigenvalue weighted by molar-refractivity contribution is 6.30. The van der Waals surface area contributed by atoms with Crippen molar-refractivity contribution in [2.24, 2.45) is 0 Å². The molecule has 0 fully saturated rings. The third-order valence-electron chi connectivity index (χ3n) is 2.44. The van der Waals surface area contributed by atoms with E-state index in [-0.39, 0.29) is 11.7 Å². The molecule has 0 aliphatic heterocycles. The molecule has 82 valence electrons. The monoisotopic (exact) mass is 225 g/mol. The molecule has 0 spiro atoms. The average Bonchev–Trinajstić information content (AvgIpc) is 2.30. The Kier molecular flexibility index (Phi) is 4.63. The van der Waals surface area contributed by atoms with E-state index in [4.69, 9.17) is 11.6 Å². The lowest BCUT2D eigenvalue weighted by Crippen LogP contribution is -2.21. The van der Waals surface area contributed by atoms with Crippen LogP contribution in [0.5, 0.6) is 0 Å². The Labute approximate surface area is 95.8 Å². The van der Waals surface area contributed by atoms with Gasteiger partial charge in [0.2, 0.25) is 0 Å². The second kappa shape index (κ2) is 5.76. The van der Waals surface area contributed by atoms with Gasteiger partial charge < -0.3 is 4.90 Å². The summed E-state index contributed by atoms with van der Waals surface area (Å²) in [7, 11) is 0. The number of Topliss-reactive ketones (excluding diaryl/α,β-unsaturated/α-hetero) is 1. The Morgan fingerprint density at radius 2 is 1.73 bits per heavy atom. The molecule has 0 heterocycles. The predicted octanol–water partition coefficient (Wildman–Crippen LogP) is 2.95. The smallest absolute Gasteiger partial charge is 0.177 e. The molecular formula is C12H16ClNO. The number of carbonyl (C=O) groups excluding carboxylic acids is 1. The molecule has 1 aromatic carbocycles. The highest BCUT2D eigenvalue weighted by Gasteiger charge is 2.05. The van der Waals surface area contributed by atoms with E-state index in [1.54, 1.807) is 0 Å². The molecule has 0 saturated carbocycles. The topological polar surface area (TPSA) is 20.3 Å². The van der Waals surface area contributed by atoms with Gasteiger partial charge in [0.15, 0.2) is 5.78 Å². The van der Waals surface area contributed by atoms with Crippen LogP contribution in [0.4, 0.5) is 5.69 Å². The summed E-state index contributed by atoms with van der Waals surface area (Å²) in [6.07, 6.45) is 0. The van der Waals surface area contributed by atoms with Gasteiger partial charge in [-0.15, -0.1) is 11.6 Å². The van der Waals surface area contributed by atoms with Crippen LogP contribution in [0, 0.1) is 0 Å². The molecule has 1 aromatic rings. The molecule has 2 nitrogen and oxygen atoms in total. The minimum atomic E-state index is -0.0252. The summed E-state index contributed by atoms with van der Waals surface area (Å²) >= 11 is 5.48. The summed E-state index contributed by atoms with van der Waals surface area (Å²) in [6, 6.07) is 7.59. The van der Waals surface area contributed by atoms with Crippen molar-refractivity contribution < 1.29 is 4.79 Å². The SMILES string of the molecule is CCN(CC)c1ccc(C(=O)CCl)cc1. The number of ketones is 1. The van der Waals surface area contributed by atoms with Gasteiger partial charge in [0.05, 0.1) is 5.88 Å². The van der Waals surface area contributed by atoms with Crippen molar-refractivity contribution in [1.82, 2.24) is 0 Å². The third kappa shape index (κ3) is 2.96. The molecule has 0 aliphatic rings. The van der Waals surface area contributed by atoms with Crippen LogP contribution in [-0.4, -0.2) is 24.8 Å². The summed E-state index contributed by atoms with van der Waals surface area (Å²) in [5, 5.41) is 0. The molecule has 0 aromatic heterocycles. The lowest BCUT2D eigenvalue weighted by molar-refractivity contribution is 0.102. The first kappa shape index (κ1) is 12.1. The number of alkyl halides is 1. The lowest BCUT2D eigenvalue weighted by Gasteiger charge is -2.20. The van der Waals surface area contributed by atoms with E-state index in [0.717, 1.165) is 18.8 Å². The Morgan fingerprint density at radius 1 is 1.20 bits per heavy atom. The van der Waals surface area contributed by atoms with Crippen molar-refractivity contribution in [3.63, 3.8) is 0 Å². The maximum Gasteiger partial charge on any atom is 0.177 e. The maximum atomic E-state index is 11.3. The number of halogens is 1. The van der Waals surface area contributed by atoms with Crippen LogP contribution in [-0.2, 0) is 0 Å². The minimum absolute atomic E-state index is 0.0252. The van der Waals surface area contributed by atoms with Crippen molar-refractivity contribution in [3.8, 4) is 0 Å². The van der Waals surface area contributed by atoms with Gasteiger partial charge in [-0.1, -0.05) is 0 Å². The van der Waals surface area contributed by atoms with E-state index in [1.807, 2.05) is 24.3 Å². The van der Waals surface area contributed by atoms with Crippen LogP contribution >= 0.6 is 11.6 Å². The normalized spacial score (nSPS) is 10.1. The first-order chi connectivity index (χ1) is 7.22. The van der Waals surface area contributed by atoms with Crippen molar-refractivity contribution in [3.05, 3.63) is 29.8 Å². The number of benzene rings is 1. The van der Waals surface area contributed by atoms with Crippen LogP contribution in [0.15, 0.2) is 24.3 Å². The quantitative estimate of drug-likeness (QED) is 0.567. The zero-order valence-electron chi connectivity index (χ0n) is 9.16. The lowest BCUT2D eigenvalue weighted by atomic mass is 10.1. The van der Waals surface area contributed by atoms with Crippen LogP contribution in [0.25, 0.3) is 0 Å². The molecule has 0 saturated heterocycles. The number of hydrogen-bond donors (Lipinski definition) is 0. The minimum Gasteiger partial charge on any atom is -0.372 e. The largest absolute Gasteiger partial charge is 0.372 e. The van der Waals surface area contributed by atoms with Gasteiger partial charge in [-0.3, -0.25) is 4.79 Å². The second-order valence-corrected chi connectivity index (χ2v) is 3.54. The van der Waals surface area contributed by atoms with E-state index in [0.29, 0.717) is 5.56 Å². The van der Waals surface area contributed by atoms with Gasteiger partial charge in [0, 0.05) is 24.3 Å². The molecular weight excluding hydrogens is 210 g/mol. The van der Waals surface area contributed by atoms with Crippen molar-refractivity contribution >= 4 is 23.1 Å². The zero-order chi connectivity index (χ0) is 11.3. The van der Waals surface area contributed by atoms with Gasteiger partial charge in [-0.25, -0.2) is 0 Å². The average molecular weight is 226 g/mol. The summed E-state index contributed by atoms with van der Waals surface area (Å²) in [5.41, 5.74) is 1.83. The van der Waals surface area contributed by atoms with Crippen molar-refractivity contribution in [2.75, 3.05) is 23.9 Å². The van der Waals surface area contributed by atoms with Crippen molar-refractivity contribution in [1.29, 1.82) is 0 Å². The Balaban J connectivity index is 2.84. The van der Waals surface area contributed by atoms with Crippen LogP contribution in [0.2, 0.25) is 0 Å². The van der Waals surface area contributed by atoms with Gasteiger partial charge in [0.1, 0.15) is 0 Å². The maximum absolute atomic E-state index is 11.3. The summed E-state index contributed by atoms with van der Waals surface area (Å²) in [5.74, 6) is 0.0210. The van der Waals surface area contributed by atoms with Gasteiger partial charge in [-0.2, -0.15) is 0 Å².